The van der Waals surface area contributed by atoms with E-state index in [2.05, 4.69) is 15.2 Å². The highest BCUT2D eigenvalue weighted by Crippen LogP contribution is 2.49. The fraction of sp³-hybridized carbons (Fsp3) is 0.400. The van der Waals surface area contributed by atoms with E-state index in [0.29, 0.717) is 28.5 Å². The van der Waals surface area contributed by atoms with E-state index < -0.39 is 0 Å². The van der Waals surface area contributed by atoms with Crippen molar-refractivity contribution >= 4 is 46.8 Å². The van der Waals surface area contributed by atoms with Crippen LogP contribution >= 0.6 is 23.4 Å². The second-order valence-electron chi connectivity index (χ2n) is 7.34. The van der Waals surface area contributed by atoms with Crippen LogP contribution in [0.2, 0.25) is 5.02 Å². The molecular weight excluding hydrogens is 398 g/mol. The number of fused-ring (bicyclic) bond motifs is 1. The monoisotopic (exact) mass is 419 g/mol. The molecule has 2 aliphatic rings. The summed E-state index contributed by atoms with van der Waals surface area (Å²) in [6.07, 6.45) is 5.13. The molecule has 6 nitrogen and oxygen atoms in total. The Hall–Kier alpha value is -1.96. The van der Waals surface area contributed by atoms with E-state index in [0.717, 1.165) is 35.3 Å². The molecule has 2 fully saturated rings. The molecule has 2 aromatic heterocycles. The van der Waals surface area contributed by atoms with E-state index in [9.17, 15) is 4.79 Å². The van der Waals surface area contributed by atoms with Gasteiger partial charge in [-0.25, -0.2) is 0 Å². The van der Waals surface area contributed by atoms with Gasteiger partial charge in [-0.1, -0.05) is 23.4 Å². The number of halogens is 1. The standard InChI is InChI=1S/C14H16ClN3O.C6H6O2S/c1-16-10-5-14(6-10)7-18(8-14)13-17-11-4-9(15)2-3-12(11)19-13;1-9-6-3-2-5(4-7)8-6/h2-4,10,16H,5-8H2,1H3;2-4H,1H3. The lowest BCUT2D eigenvalue weighted by molar-refractivity contribution is 0.0486. The first-order valence-electron chi connectivity index (χ1n) is 9.11. The Bertz CT molecular complexity index is 972. The zero-order chi connectivity index (χ0) is 19.7. The normalized spacial score (nSPS) is 17.8. The Morgan fingerprint density at radius 2 is 2.07 bits per heavy atom. The molecule has 0 radical (unpaired) electrons. The van der Waals surface area contributed by atoms with Gasteiger partial charge in [-0.05, 0) is 56.5 Å². The lowest BCUT2D eigenvalue weighted by Gasteiger charge is -2.58. The van der Waals surface area contributed by atoms with Gasteiger partial charge in [0, 0.05) is 29.6 Å². The van der Waals surface area contributed by atoms with Crippen LogP contribution in [0.15, 0.2) is 44.3 Å². The molecule has 0 unspecified atom stereocenters. The number of oxazole rings is 1. The second kappa shape index (κ2) is 7.81. The number of aldehydes is 1. The molecule has 5 rings (SSSR count). The van der Waals surface area contributed by atoms with Crippen LogP contribution in [0.1, 0.15) is 23.4 Å². The van der Waals surface area contributed by atoms with Crippen LogP contribution in [-0.2, 0) is 0 Å². The van der Waals surface area contributed by atoms with Crippen LogP contribution < -0.4 is 10.2 Å². The van der Waals surface area contributed by atoms with Crippen molar-refractivity contribution in [3.8, 4) is 0 Å². The number of hydrogen-bond acceptors (Lipinski definition) is 7. The third kappa shape index (κ3) is 3.79. The van der Waals surface area contributed by atoms with E-state index in [1.807, 2.05) is 31.5 Å². The number of anilines is 1. The summed E-state index contributed by atoms with van der Waals surface area (Å²) in [5.74, 6) is 0.388. The second-order valence-corrected chi connectivity index (χ2v) is 8.58. The van der Waals surface area contributed by atoms with E-state index >= 15 is 0 Å². The molecule has 8 heteroatoms. The Morgan fingerprint density at radius 1 is 1.29 bits per heavy atom. The van der Waals surface area contributed by atoms with Crippen LogP contribution in [0.3, 0.4) is 0 Å². The van der Waals surface area contributed by atoms with Gasteiger partial charge in [0.15, 0.2) is 22.7 Å². The van der Waals surface area contributed by atoms with Crippen molar-refractivity contribution in [1.29, 1.82) is 0 Å². The highest BCUT2D eigenvalue weighted by molar-refractivity contribution is 7.98. The summed E-state index contributed by atoms with van der Waals surface area (Å²) in [7, 11) is 2.04. The largest absolute Gasteiger partial charge is 0.447 e. The number of thioether (sulfide) groups is 1. The van der Waals surface area contributed by atoms with E-state index in [1.165, 1.54) is 24.6 Å². The van der Waals surface area contributed by atoms with Crippen molar-refractivity contribution in [3.05, 3.63) is 41.1 Å². The molecule has 0 amide bonds. The van der Waals surface area contributed by atoms with Gasteiger partial charge in [-0.2, -0.15) is 4.98 Å². The maximum Gasteiger partial charge on any atom is 0.298 e. The van der Waals surface area contributed by atoms with Crippen molar-refractivity contribution in [1.82, 2.24) is 10.3 Å². The number of carbonyl (C=O) groups is 1. The molecule has 1 spiro atoms. The maximum absolute atomic E-state index is 10.0. The first-order chi connectivity index (χ1) is 13.5. The molecule has 0 atom stereocenters. The highest BCUT2D eigenvalue weighted by Gasteiger charge is 2.52. The Balaban J connectivity index is 0.000000181. The van der Waals surface area contributed by atoms with Gasteiger partial charge in [-0.15, -0.1) is 0 Å². The molecule has 28 heavy (non-hydrogen) atoms. The summed E-state index contributed by atoms with van der Waals surface area (Å²) < 4.78 is 10.8. The molecule has 1 saturated carbocycles. The summed E-state index contributed by atoms with van der Waals surface area (Å²) >= 11 is 7.44. The van der Waals surface area contributed by atoms with Crippen molar-refractivity contribution in [2.24, 2.45) is 5.41 Å². The number of carbonyl (C=O) groups excluding carboxylic acids is 1. The number of nitrogens with zero attached hydrogens (tertiary/aromatic N) is 2. The summed E-state index contributed by atoms with van der Waals surface area (Å²) in [6, 6.07) is 10.4. The molecule has 0 bridgehead atoms. The van der Waals surface area contributed by atoms with E-state index in [-0.39, 0.29) is 0 Å². The summed E-state index contributed by atoms with van der Waals surface area (Å²) in [4.78, 5) is 16.8. The SMILES string of the molecule is CNC1CC2(C1)CN(c1nc3cc(Cl)ccc3o1)C2.CSc1ccc(C=O)o1. The minimum absolute atomic E-state index is 0.388. The van der Waals surface area contributed by atoms with Crippen LogP contribution in [0.4, 0.5) is 6.01 Å². The van der Waals surface area contributed by atoms with Gasteiger partial charge in [0.1, 0.15) is 5.52 Å². The van der Waals surface area contributed by atoms with Gasteiger partial charge in [0.2, 0.25) is 0 Å². The molecule has 1 saturated heterocycles. The Kier molecular flexibility index (Phi) is 5.40. The van der Waals surface area contributed by atoms with Crippen LogP contribution in [-0.4, -0.2) is 43.7 Å². The fourth-order valence-corrected chi connectivity index (χ4v) is 4.43. The fourth-order valence-electron chi connectivity index (χ4n) is 3.88. The first-order valence-corrected chi connectivity index (χ1v) is 10.7. The molecular formula is C20H22ClN3O3S. The van der Waals surface area contributed by atoms with Crippen molar-refractivity contribution in [2.75, 3.05) is 31.3 Å². The summed E-state index contributed by atoms with van der Waals surface area (Å²) in [5.41, 5.74) is 2.15. The maximum atomic E-state index is 10.0. The molecule has 1 aliphatic heterocycles. The first kappa shape index (κ1) is 19.4. The molecule has 1 N–H and O–H groups in total. The predicted octanol–water partition coefficient (Wildman–Crippen LogP) is 4.48. The Labute approximate surface area is 172 Å². The minimum Gasteiger partial charge on any atom is -0.447 e. The highest BCUT2D eigenvalue weighted by atomic mass is 35.5. The topological polar surface area (TPSA) is 71.5 Å². The third-order valence-electron chi connectivity index (χ3n) is 5.35. The smallest absolute Gasteiger partial charge is 0.298 e. The van der Waals surface area contributed by atoms with Gasteiger partial charge in [-0.3, -0.25) is 4.79 Å². The zero-order valence-electron chi connectivity index (χ0n) is 15.8. The molecule has 1 aromatic carbocycles. The number of hydrogen-bond donors (Lipinski definition) is 1. The minimum atomic E-state index is 0.388. The van der Waals surface area contributed by atoms with Gasteiger partial charge < -0.3 is 19.1 Å². The average Bonchev–Trinajstić information content (AvgIpc) is 3.26. The molecule has 3 aromatic rings. The zero-order valence-corrected chi connectivity index (χ0v) is 17.3. The van der Waals surface area contributed by atoms with Crippen molar-refractivity contribution in [2.45, 2.75) is 24.0 Å². The Morgan fingerprint density at radius 3 is 2.68 bits per heavy atom. The number of aromatic nitrogens is 1. The van der Waals surface area contributed by atoms with E-state index in [4.69, 9.17) is 20.4 Å². The lowest BCUT2D eigenvalue weighted by atomic mass is 9.61. The van der Waals surface area contributed by atoms with Crippen LogP contribution in [0.25, 0.3) is 11.1 Å². The number of rotatable bonds is 4. The van der Waals surface area contributed by atoms with Gasteiger partial charge in [0.25, 0.3) is 6.01 Å². The van der Waals surface area contributed by atoms with Crippen molar-refractivity contribution in [3.63, 3.8) is 0 Å². The number of furan rings is 1. The quantitative estimate of drug-likeness (QED) is 0.493. The van der Waals surface area contributed by atoms with Gasteiger partial charge in [0.05, 0.1) is 0 Å². The molecule has 3 heterocycles. The van der Waals surface area contributed by atoms with Crippen LogP contribution in [0, 0.1) is 5.41 Å². The van der Waals surface area contributed by atoms with Gasteiger partial charge >= 0.3 is 0 Å². The number of benzene rings is 1. The average molecular weight is 420 g/mol. The number of nitrogens with one attached hydrogen (secondary N) is 1. The summed E-state index contributed by atoms with van der Waals surface area (Å²) in [5, 5.41) is 4.81. The van der Waals surface area contributed by atoms with E-state index in [1.54, 1.807) is 12.1 Å². The van der Waals surface area contributed by atoms with Crippen LogP contribution in [0.5, 0.6) is 0 Å². The third-order valence-corrected chi connectivity index (χ3v) is 6.20. The molecule has 1 aliphatic carbocycles. The predicted molar refractivity (Wildman–Crippen MR) is 112 cm³/mol. The molecule has 148 valence electrons. The van der Waals surface area contributed by atoms with Crippen molar-refractivity contribution < 1.29 is 13.6 Å². The lowest BCUT2D eigenvalue weighted by Crippen LogP contribution is -2.66. The summed E-state index contributed by atoms with van der Waals surface area (Å²) in [6.45, 7) is 2.12.